The van der Waals surface area contributed by atoms with Crippen molar-refractivity contribution in [2.45, 2.75) is 19.3 Å². The van der Waals surface area contributed by atoms with Crippen LogP contribution < -0.4 is 9.47 Å². The topological polar surface area (TPSA) is 18.5 Å². The van der Waals surface area contributed by atoms with Gasteiger partial charge in [-0.1, -0.05) is 18.5 Å². The lowest BCUT2D eigenvalue weighted by Crippen LogP contribution is -2.15. The number of hydrogen-bond donors (Lipinski definition) is 0. The highest BCUT2D eigenvalue weighted by Gasteiger charge is 2.17. The molecule has 1 aliphatic heterocycles. The molecule has 1 aromatic rings. The molecule has 16 heavy (non-hydrogen) atoms. The van der Waals surface area contributed by atoms with E-state index in [0.29, 0.717) is 25.0 Å². The van der Waals surface area contributed by atoms with Gasteiger partial charge in [-0.2, -0.15) is 0 Å². The van der Waals surface area contributed by atoms with Crippen molar-refractivity contribution in [2.75, 3.05) is 19.1 Å². The van der Waals surface area contributed by atoms with E-state index in [1.165, 1.54) is 0 Å². The fraction of sp³-hybridized carbons (Fsp3) is 0.500. The third-order valence-electron chi connectivity index (χ3n) is 2.73. The standard InChI is InChI=1S/C12H14Cl2O2/c1-8(2-3-13)9-6-11-12(7-10(9)14)16-5-4-15-11/h6-8H,2-5H2,1H3. The van der Waals surface area contributed by atoms with Gasteiger partial charge in [0.15, 0.2) is 11.5 Å². The molecule has 0 saturated carbocycles. The number of ether oxygens (including phenoxy) is 2. The lowest BCUT2D eigenvalue weighted by atomic mass is 9.98. The smallest absolute Gasteiger partial charge is 0.162 e. The minimum absolute atomic E-state index is 0.334. The first-order valence-corrected chi connectivity index (χ1v) is 6.28. The first-order valence-electron chi connectivity index (χ1n) is 5.37. The van der Waals surface area contributed by atoms with Crippen molar-refractivity contribution in [3.63, 3.8) is 0 Å². The quantitative estimate of drug-likeness (QED) is 0.769. The van der Waals surface area contributed by atoms with Gasteiger partial charge in [-0.25, -0.2) is 0 Å². The largest absolute Gasteiger partial charge is 0.486 e. The van der Waals surface area contributed by atoms with Gasteiger partial charge >= 0.3 is 0 Å². The number of alkyl halides is 1. The molecule has 1 heterocycles. The summed E-state index contributed by atoms with van der Waals surface area (Å²) in [4.78, 5) is 0. The van der Waals surface area contributed by atoms with E-state index < -0.39 is 0 Å². The Bertz CT molecular complexity index is 380. The van der Waals surface area contributed by atoms with Crippen LogP contribution in [0.15, 0.2) is 12.1 Å². The normalized spacial score (nSPS) is 15.9. The molecule has 1 aromatic carbocycles. The van der Waals surface area contributed by atoms with Crippen LogP contribution in [0.4, 0.5) is 0 Å². The van der Waals surface area contributed by atoms with Crippen LogP contribution in [-0.2, 0) is 0 Å². The van der Waals surface area contributed by atoms with Crippen LogP contribution in [0.1, 0.15) is 24.8 Å². The van der Waals surface area contributed by atoms with Crippen molar-refractivity contribution >= 4 is 23.2 Å². The Morgan fingerprint density at radius 3 is 2.50 bits per heavy atom. The zero-order chi connectivity index (χ0) is 11.5. The Labute approximate surface area is 105 Å². The molecule has 4 heteroatoms. The maximum atomic E-state index is 6.21. The third kappa shape index (κ3) is 2.38. The highest BCUT2D eigenvalue weighted by atomic mass is 35.5. The minimum Gasteiger partial charge on any atom is -0.486 e. The maximum Gasteiger partial charge on any atom is 0.162 e. The molecule has 0 aliphatic carbocycles. The number of halogens is 2. The molecular weight excluding hydrogens is 247 g/mol. The second-order valence-electron chi connectivity index (χ2n) is 3.90. The van der Waals surface area contributed by atoms with Crippen LogP contribution in [0.2, 0.25) is 5.02 Å². The molecule has 2 rings (SSSR count). The Balaban J connectivity index is 2.31. The molecule has 0 radical (unpaired) electrons. The summed E-state index contributed by atoms with van der Waals surface area (Å²) in [5.74, 6) is 2.48. The molecule has 1 aliphatic rings. The van der Waals surface area contributed by atoms with Crippen molar-refractivity contribution in [1.82, 2.24) is 0 Å². The Kier molecular flexibility index (Phi) is 3.82. The summed E-state index contributed by atoms with van der Waals surface area (Å²) < 4.78 is 11.0. The predicted octanol–water partition coefficient (Wildman–Crippen LogP) is 3.84. The van der Waals surface area contributed by atoms with Crippen LogP contribution in [0.5, 0.6) is 11.5 Å². The number of hydrogen-bond acceptors (Lipinski definition) is 2. The molecular formula is C12H14Cl2O2. The third-order valence-corrected chi connectivity index (χ3v) is 3.28. The van der Waals surface area contributed by atoms with Gasteiger partial charge in [0.05, 0.1) is 0 Å². The molecule has 0 amide bonds. The average Bonchev–Trinajstić information content (AvgIpc) is 2.28. The first-order chi connectivity index (χ1) is 7.72. The lowest BCUT2D eigenvalue weighted by molar-refractivity contribution is 0.171. The van der Waals surface area contributed by atoms with Gasteiger partial charge in [0.1, 0.15) is 13.2 Å². The first kappa shape index (κ1) is 11.9. The van der Waals surface area contributed by atoms with Gasteiger partial charge in [0, 0.05) is 17.0 Å². The van der Waals surface area contributed by atoms with Gasteiger partial charge in [0.2, 0.25) is 0 Å². The molecule has 2 nitrogen and oxygen atoms in total. The van der Waals surface area contributed by atoms with Crippen LogP contribution in [0, 0.1) is 0 Å². The summed E-state index contributed by atoms with van der Waals surface area (Å²) in [7, 11) is 0. The van der Waals surface area contributed by atoms with E-state index in [-0.39, 0.29) is 0 Å². The monoisotopic (exact) mass is 260 g/mol. The van der Waals surface area contributed by atoms with Crippen LogP contribution in [0.25, 0.3) is 0 Å². The Morgan fingerprint density at radius 1 is 1.25 bits per heavy atom. The molecule has 1 unspecified atom stereocenters. The average molecular weight is 261 g/mol. The van der Waals surface area contributed by atoms with Gasteiger partial charge in [0.25, 0.3) is 0 Å². The zero-order valence-electron chi connectivity index (χ0n) is 9.13. The summed E-state index contributed by atoms with van der Waals surface area (Å²) in [6.07, 6.45) is 0.904. The highest BCUT2D eigenvalue weighted by molar-refractivity contribution is 6.31. The Morgan fingerprint density at radius 2 is 1.88 bits per heavy atom. The van der Waals surface area contributed by atoms with Crippen molar-refractivity contribution in [3.8, 4) is 11.5 Å². The van der Waals surface area contributed by atoms with E-state index in [9.17, 15) is 0 Å². The van der Waals surface area contributed by atoms with Gasteiger partial charge in [-0.15, -0.1) is 11.6 Å². The second-order valence-corrected chi connectivity index (χ2v) is 4.68. The highest BCUT2D eigenvalue weighted by Crippen LogP contribution is 2.38. The van der Waals surface area contributed by atoms with Crippen molar-refractivity contribution in [1.29, 1.82) is 0 Å². The molecule has 0 saturated heterocycles. The fourth-order valence-corrected chi connectivity index (χ4v) is 2.44. The van der Waals surface area contributed by atoms with Gasteiger partial charge in [-0.3, -0.25) is 0 Å². The maximum absolute atomic E-state index is 6.21. The number of rotatable bonds is 3. The predicted molar refractivity (Wildman–Crippen MR) is 66.2 cm³/mol. The molecule has 0 aromatic heterocycles. The second kappa shape index (κ2) is 5.15. The summed E-state index contributed by atoms with van der Waals surface area (Å²) in [5.41, 5.74) is 1.08. The van der Waals surface area contributed by atoms with Crippen molar-refractivity contribution < 1.29 is 9.47 Å². The van der Waals surface area contributed by atoms with E-state index in [4.69, 9.17) is 32.7 Å². The minimum atomic E-state index is 0.334. The fourth-order valence-electron chi connectivity index (χ4n) is 1.78. The lowest BCUT2D eigenvalue weighted by Gasteiger charge is -2.21. The van der Waals surface area contributed by atoms with Crippen molar-refractivity contribution in [3.05, 3.63) is 22.7 Å². The van der Waals surface area contributed by atoms with Crippen LogP contribution in [0.3, 0.4) is 0 Å². The van der Waals surface area contributed by atoms with Gasteiger partial charge in [-0.05, 0) is 24.0 Å². The molecule has 0 spiro atoms. The van der Waals surface area contributed by atoms with Crippen LogP contribution in [-0.4, -0.2) is 19.1 Å². The molecule has 0 N–H and O–H groups in total. The molecule has 0 bridgehead atoms. The van der Waals surface area contributed by atoms with E-state index >= 15 is 0 Å². The van der Waals surface area contributed by atoms with Gasteiger partial charge < -0.3 is 9.47 Å². The molecule has 88 valence electrons. The SMILES string of the molecule is CC(CCCl)c1cc2c(cc1Cl)OCCO2. The van der Waals surface area contributed by atoms with Crippen LogP contribution >= 0.6 is 23.2 Å². The van der Waals surface area contributed by atoms with E-state index in [1.54, 1.807) is 0 Å². The Hall–Kier alpha value is -0.600. The molecule has 0 fully saturated rings. The summed E-state index contributed by atoms with van der Waals surface area (Å²) in [5, 5.41) is 0.724. The van der Waals surface area contributed by atoms with Crippen molar-refractivity contribution in [2.24, 2.45) is 0 Å². The molecule has 1 atom stereocenters. The zero-order valence-corrected chi connectivity index (χ0v) is 10.6. The summed E-state index contributed by atoms with van der Waals surface area (Å²) in [6, 6.07) is 3.80. The summed E-state index contributed by atoms with van der Waals surface area (Å²) >= 11 is 12.0. The van der Waals surface area contributed by atoms with E-state index in [1.807, 2.05) is 12.1 Å². The van der Waals surface area contributed by atoms with E-state index in [2.05, 4.69) is 6.92 Å². The van der Waals surface area contributed by atoms with E-state index in [0.717, 1.165) is 28.5 Å². The number of benzene rings is 1. The summed E-state index contributed by atoms with van der Waals surface area (Å²) in [6.45, 7) is 3.29. The number of fused-ring (bicyclic) bond motifs is 1.